The fourth-order valence-electron chi connectivity index (χ4n) is 3.15. The highest BCUT2D eigenvalue weighted by atomic mass is 16.3. The van der Waals surface area contributed by atoms with Gasteiger partial charge in [0.2, 0.25) is 0 Å². The van der Waals surface area contributed by atoms with Crippen molar-refractivity contribution in [1.29, 1.82) is 0 Å². The van der Waals surface area contributed by atoms with Gasteiger partial charge in [0.1, 0.15) is 0 Å². The van der Waals surface area contributed by atoms with Crippen molar-refractivity contribution >= 4 is 5.91 Å². The molecular formula is C18H21NO2. The maximum Gasteiger partial charge on any atom is 0.287 e. The van der Waals surface area contributed by atoms with E-state index in [0.717, 1.165) is 31.2 Å². The van der Waals surface area contributed by atoms with E-state index in [4.69, 9.17) is 4.42 Å². The molecule has 3 nitrogen and oxygen atoms in total. The van der Waals surface area contributed by atoms with Crippen LogP contribution in [0.5, 0.6) is 0 Å². The molecule has 1 saturated carbocycles. The first kappa shape index (κ1) is 13.9. The van der Waals surface area contributed by atoms with E-state index in [-0.39, 0.29) is 11.9 Å². The van der Waals surface area contributed by atoms with Crippen molar-refractivity contribution in [3.63, 3.8) is 0 Å². The molecule has 0 spiro atoms. The third-order valence-corrected chi connectivity index (χ3v) is 4.40. The number of hydrogen-bond donors (Lipinski definition) is 1. The smallest absolute Gasteiger partial charge is 0.287 e. The quantitative estimate of drug-likeness (QED) is 0.923. The van der Waals surface area contributed by atoms with Crippen LogP contribution in [-0.2, 0) is 0 Å². The lowest BCUT2D eigenvalue weighted by atomic mass is 9.82. The Balaban J connectivity index is 1.55. The Morgan fingerprint density at radius 3 is 2.43 bits per heavy atom. The van der Waals surface area contributed by atoms with E-state index < -0.39 is 0 Å². The van der Waals surface area contributed by atoms with Crippen LogP contribution in [0.4, 0.5) is 0 Å². The molecule has 1 aliphatic carbocycles. The second kappa shape index (κ2) is 6.17. The molecular weight excluding hydrogens is 262 g/mol. The molecule has 1 N–H and O–H groups in total. The van der Waals surface area contributed by atoms with E-state index in [9.17, 15) is 4.79 Å². The summed E-state index contributed by atoms with van der Waals surface area (Å²) in [5, 5.41) is 3.10. The van der Waals surface area contributed by atoms with E-state index in [1.807, 2.05) is 13.0 Å². The van der Waals surface area contributed by atoms with Crippen molar-refractivity contribution < 1.29 is 9.21 Å². The number of amides is 1. The first-order chi connectivity index (χ1) is 10.2. The van der Waals surface area contributed by atoms with Gasteiger partial charge < -0.3 is 9.73 Å². The van der Waals surface area contributed by atoms with Gasteiger partial charge in [0.15, 0.2) is 5.76 Å². The van der Waals surface area contributed by atoms with Gasteiger partial charge >= 0.3 is 0 Å². The predicted octanol–water partition coefficient (Wildman–Crippen LogP) is 4.04. The van der Waals surface area contributed by atoms with Crippen molar-refractivity contribution in [3.8, 4) is 0 Å². The molecule has 21 heavy (non-hydrogen) atoms. The second-order valence-electron chi connectivity index (χ2n) is 5.87. The number of rotatable bonds is 3. The largest absolute Gasteiger partial charge is 0.459 e. The Morgan fingerprint density at radius 2 is 1.81 bits per heavy atom. The fourth-order valence-corrected chi connectivity index (χ4v) is 3.15. The number of benzene rings is 1. The van der Waals surface area contributed by atoms with Gasteiger partial charge in [0.05, 0.1) is 6.26 Å². The van der Waals surface area contributed by atoms with Crippen LogP contribution in [0.2, 0.25) is 0 Å². The highest BCUT2D eigenvalue weighted by Crippen LogP contribution is 2.32. The van der Waals surface area contributed by atoms with Crippen molar-refractivity contribution in [3.05, 3.63) is 59.5 Å². The Morgan fingerprint density at radius 1 is 1.10 bits per heavy atom. The van der Waals surface area contributed by atoms with Crippen LogP contribution in [0.1, 0.15) is 53.3 Å². The zero-order valence-electron chi connectivity index (χ0n) is 12.3. The number of carbonyl (C=O) groups excluding carboxylic acids is 1. The van der Waals surface area contributed by atoms with Gasteiger partial charge in [0, 0.05) is 11.6 Å². The third-order valence-electron chi connectivity index (χ3n) is 4.40. The van der Waals surface area contributed by atoms with Crippen LogP contribution in [0.25, 0.3) is 0 Å². The number of aryl methyl sites for hydroxylation is 1. The Bertz CT molecular complexity index is 595. The molecule has 1 heterocycles. The van der Waals surface area contributed by atoms with Crippen molar-refractivity contribution in [1.82, 2.24) is 5.32 Å². The van der Waals surface area contributed by atoms with Crippen LogP contribution in [0, 0.1) is 6.92 Å². The van der Waals surface area contributed by atoms with Crippen LogP contribution in [0.15, 0.2) is 47.1 Å². The molecule has 1 aromatic heterocycles. The molecule has 1 aliphatic rings. The van der Waals surface area contributed by atoms with Crippen LogP contribution < -0.4 is 5.32 Å². The molecule has 0 aliphatic heterocycles. The molecule has 0 unspecified atom stereocenters. The molecule has 0 radical (unpaired) electrons. The minimum absolute atomic E-state index is 0.0827. The van der Waals surface area contributed by atoms with Gasteiger partial charge in [-0.05, 0) is 50.2 Å². The average Bonchev–Trinajstić information content (AvgIpc) is 2.95. The van der Waals surface area contributed by atoms with E-state index in [1.54, 1.807) is 6.26 Å². The van der Waals surface area contributed by atoms with Gasteiger partial charge in [-0.25, -0.2) is 0 Å². The average molecular weight is 283 g/mol. The molecule has 0 bridgehead atoms. The fraction of sp³-hybridized carbons (Fsp3) is 0.389. The molecule has 1 aromatic carbocycles. The topological polar surface area (TPSA) is 42.2 Å². The first-order valence-electron chi connectivity index (χ1n) is 7.64. The maximum absolute atomic E-state index is 12.1. The zero-order valence-corrected chi connectivity index (χ0v) is 12.3. The number of nitrogens with one attached hydrogen (secondary N) is 1. The van der Waals surface area contributed by atoms with Gasteiger partial charge in [0.25, 0.3) is 5.91 Å². The van der Waals surface area contributed by atoms with Gasteiger partial charge in [-0.3, -0.25) is 4.79 Å². The number of hydrogen-bond acceptors (Lipinski definition) is 2. The third kappa shape index (κ3) is 3.18. The standard InChI is InChI=1S/C18H21NO2/c1-13-11-12-21-17(13)18(20)19-16-9-7-15(8-10-16)14-5-3-2-4-6-14/h2-6,11-12,15-16H,7-10H2,1H3,(H,19,20). The monoisotopic (exact) mass is 283 g/mol. The maximum atomic E-state index is 12.1. The van der Waals surface area contributed by atoms with E-state index in [0.29, 0.717) is 11.7 Å². The van der Waals surface area contributed by atoms with Gasteiger partial charge in [-0.15, -0.1) is 0 Å². The molecule has 3 heteroatoms. The molecule has 0 saturated heterocycles. The van der Waals surface area contributed by atoms with Crippen LogP contribution in [-0.4, -0.2) is 11.9 Å². The van der Waals surface area contributed by atoms with E-state index >= 15 is 0 Å². The summed E-state index contributed by atoms with van der Waals surface area (Å²) in [6.45, 7) is 1.89. The lowest BCUT2D eigenvalue weighted by Gasteiger charge is -2.29. The van der Waals surface area contributed by atoms with Gasteiger partial charge in [-0.1, -0.05) is 30.3 Å². The highest BCUT2D eigenvalue weighted by molar-refractivity contribution is 5.92. The summed E-state index contributed by atoms with van der Waals surface area (Å²) in [6.07, 6.45) is 5.89. The molecule has 1 amide bonds. The molecule has 1 fully saturated rings. The zero-order chi connectivity index (χ0) is 14.7. The summed E-state index contributed by atoms with van der Waals surface area (Å²) < 4.78 is 5.25. The highest BCUT2D eigenvalue weighted by Gasteiger charge is 2.24. The summed E-state index contributed by atoms with van der Waals surface area (Å²) in [6, 6.07) is 12.8. The Hall–Kier alpha value is -2.03. The van der Waals surface area contributed by atoms with Crippen molar-refractivity contribution in [2.24, 2.45) is 0 Å². The lowest BCUT2D eigenvalue weighted by molar-refractivity contribution is 0.0897. The lowest BCUT2D eigenvalue weighted by Crippen LogP contribution is -2.37. The minimum Gasteiger partial charge on any atom is -0.459 e. The second-order valence-corrected chi connectivity index (χ2v) is 5.87. The van der Waals surface area contributed by atoms with E-state index in [2.05, 4.69) is 35.6 Å². The van der Waals surface area contributed by atoms with Crippen molar-refractivity contribution in [2.45, 2.75) is 44.6 Å². The first-order valence-corrected chi connectivity index (χ1v) is 7.64. The Kier molecular flexibility index (Phi) is 4.09. The van der Waals surface area contributed by atoms with Gasteiger partial charge in [-0.2, -0.15) is 0 Å². The Labute approximate surface area is 125 Å². The van der Waals surface area contributed by atoms with Crippen LogP contribution >= 0.6 is 0 Å². The summed E-state index contributed by atoms with van der Waals surface area (Å²) in [7, 11) is 0. The molecule has 3 rings (SSSR count). The summed E-state index contributed by atoms with van der Waals surface area (Å²) in [5.74, 6) is 0.991. The SMILES string of the molecule is Cc1ccoc1C(=O)NC1CCC(c2ccccc2)CC1. The minimum atomic E-state index is -0.0827. The molecule has 110 valence electrons. The molecule has 0 atom stereocenters. The van der Waals surface area contributed by atoms with Crippen molar-refractivity contribution in [2.75, 3.05) is 0 Å². The predicted molar refractivity (Wildman–Crippen MR) is 82.4 cm³/mol. The van der Waals surface area contributed by atoms with Crippen LogP contribution in [0.3, 0.4) is 0 Å². The summed E-state index contributed by atoms with van der Waals surface area (Å²) >= 11 is 0. The molecule has 2 aromatic rings. The van der Waals surface area contributed by atoms with E-state index in [1.165, 1.54) is 5.56 Å². The summed E-state index contributed by atoms with van der Waals surface area (Å²) in [5.41, 5.74) is 2.31. The number of carbonyl (C=O) groups is 1. The normalized spacial score (nSPS) is 22.0. The number of furan rings is 1. The summed E-state index contributed by atoms with van der Waals surface area (Å²) in [4.78, 5) is 12.1.